The maximum Gasteiger partial charge on any atom is 0.331 e. The van der Waals surface area contributed by atoms with Crippen LogP contribution in [-0.4, -0.2) is 43.1 Å². The fourth-order valence-electron chi connectivity index (χ4n) is 3.81. The van der Waals surface area contributed by atoms with Gasteiger partial charge in [-0.2, -0.15) is 0 Å². The summed E-state index contributed by atoms with van der Waals surface area (Å²) in [4.78, 5) is 32.0. The Labute approximate surface area is 184 Å². The average Bonchev–Trinajstić information content (AvgIpc) is 2.83. The third-order valence-electron chi connectivity index (χ3n) is 5.33. The van der Waals surface area contributed by atoms with Crippen LogP contribution in [0.5, 0.6) is 0 Å². The zero-order chi connectivity index (χ0) is 21.2. The Morgan fingerprint density at radius 3 is 2.06 bits per heavy atom. The second-order valence-corrected chi connectivity index (χ2v) is 8.34. The van der Waals surface area contributed by atoms with Gasteiger partial charge in [0.2, 0.25) is 0 Å². The molecule has 0 saturated carbocycles. The zero-order valence-corrected chi connectivity index (χ0v) is 17.6. The van der Waals surface area contributed by atoms with E-state index >= 15 is 0 Å². The van der Waals surface area contributed by atoms with Gasteiger partial charge in [0.1, 0.15) is 0 Å². The van der Waals surface area contributed by atoms with Gasteiger partial charge in [0, 0.05) is 22.9 Å². The molecule has 5 rings (SSSR count). The van der Waals surface area contributed by atoms with Crippen LogP contribution in [0.4, 0.5) is 21.9 Å². The molecule has 0 radical (unpaired) electrons. The highest BCUT2D eigenvalue weighted by molar-refractivity contribution is 7.99. The Kier molecular flexibility index (Phi) is 5.36. The molecule has 31 heavy (non-hydrogen) atoms. The van der Waals surface area contributed by atoms with Crippen LogP contribution in [0.2, 0.25) is 0 Å². The number of amides is 3. The Morgan fingerprint density at radius 1 is 0.806 bits per heavy atom. The minimum Gasteiger partial charge on any atom is -0.378 e. The molecule has 3 aromatic rings. The summed E-state index contributed by atoms with van der Waals surface area (Å²) >= 11 is 1.64. The fraction of sp³-hybridized carbons (Fsp3) is 0.167. The maximum absolute atomic E-state index is 13.5. The first-order valence-electron chi connectivity index (χ1n) is 10.2. The number of hydrogen-bond acceptors (Lipinski definition) is 4. The van der Waals surface area contributed by atoms with Crippen molar-refractivity contribution in [3.05, 3.63) is 78.4 Å². The van der Waals surface area contributed by atoms with Crippen molar-refractivity contribution >= 4 is 40.8 Å². The quantitative estimate of drug-likeness (QED) is 0.621. The third-order valence-corrected chi connectivity index (χ3v) is 6.46. The summed E-state index contributed by atoms with van der Waals surface area (Å²) in [6.45, 7) is 2.15. The summed E-state index contributed by atoms with van der Waals surface area (Å²) in [5, 5.41) is 2.98. The van der Waals surface area contributed by atoms with E-state index in [4.69, 9.17) is 4.74 Å². The lowest BCUT2D eigenvalue weighted by molar-refractivity contribution is 0.0303. The van der Waals surface area contributed by atoms with Gasteiger partial charge in [-0.1, -0.05) is 48.2 Å². The Hall–Kier alpha value is -3.29. The van der Waals surface area contributed by atoms with Crippen molar-refractivity contribution in [1.29, 1.82) is 0 Å². The molecule has 6 nitrogen and oxygen atoms in total. The molecule has 0 bridgehead atoms. The van der Waals surface area contributed by atoms with Crippen LogP contribution in [0.15, 0.2) is 82.6 Å². The molecular formula is C24H21N3O3S. The molecule has 3 aromatic carbocycles. The molecule has 2 heterocycles. The summed E-state index contributed by atoms with van der Waals surface area (Å²) in [5.74, 6) is -0.103. The van der Waals surface area contributed by atoms with Crippen molar-refractivity contribution in [1.82, 2.24) is 4.90 Å². The lowest BCUT2D eigenvalue weighted by atomic mass is 10.1. The highest BCUT2D eigenvalue weighted by Gasteiger charge is 2.29. The molecule has 1 N–H and O–H groups in total. The van der Waals surface area contributed by atoms with Crippen molar-refractivity contribution in [3.63, 3.8) is 0 Å². The van der Waals surface area contributed by atoms with E-state index in [1.165, 1.54) is 0 Å². The summed E-state index contributed by atoms with van der Waals surface area (Å²) in [5.41, 5.74) is 2.62. The second kappa shape index (κ2) is 8.45. The van der Waals surface area contributed by atoms with Gasteiger partial charge in [-0.05, 0) is 36.4 Å². The van der Waals surface area contributed by atoms with E-state index in [-0.39, 0.29) is 11.9 Å². The Balaban J connectivity index is 1.47. The van der Waals surface area contributed by atoms with Gasteiger partial charge in [-0.3, -0.25) is 9.69 Å². The number of nitrogens with zero attached hydrogens (tertiary/aromatic N) is 2. The summed E-state index contributed by atoms with van der Waals surface area (Å²) in [6, 6.07) is 22.5. The minimum atomic E-state index is -0.303. The minimum absolute atomic E-state index is 0.103. The molecule has 0 spiro atoms. The number of benzene rings is 3. The standard InChI is InChI=1S/C24H21N3O3S/c28-23(26-13-15-30-16-14-26)17-7-1-2-8-18(17)25-24(29)27-19-9-3-5-11-21(19)31-22-12-6-4-10-20(22)27/h1-12H,13-16H2,(H,25,29). The van der Waals surface area contributed by atoms with Crippen LogP contribution >= 0.6 is 11.8 Å². The van der Waals surface area contributed by atoms with Gasteiger partial charge >= 0.3 is 6.03 Å². The Morgan fingerprint density at radius 2 is 1.39 bits per heavy atom. The van der Waals surface area contributed by atoms with Crippen molar-refractivity contribution in [2.75, 3.05) is 36.5 Å². The van der Waals surface area contributed by atoms with E-state index in [2.05, 4.69) is 5.32 Å². The van der Waals surface area contributed by atoms with Crippen molar-refractivity contribution in [2.24, 2.45) is 0 Å². The topological polar surface area (TPSA) is 61.9 Å². The summed E-state index contributed by atoms with van der Waals surface area (Å²) in [7, 11) is 0. The first-order valence-corrected chi connectivity index (χ1v) is 11.0. The van der Waals surface area contributed by atoms with E-state index in [1.807, 2.05) is 60.7 Å². The first-order chi connectivity index (χ1) is 15.2. The molecule has 1 fully saturated rings. The number of morpholine rings is 1. The predicted octanol–water partition coefficient (Wildman–Crippen LogP) is 4.99. The predicted molar refractivity (Wildman–Crippen MR) is 121 cm³/mol. The molecular weight excluding hydrogens is 410 g/mol. The molecule has 0 unspecified atom stereocenters. The normalized spacial score (nSPS) is 15.1. The van der Waals surface area contributed by atoms with Crippen LogP contribution in [0, 0.1) is 0 Å². The zero-order valence-electron chi connectivity index (χ0n) is 16.8. The number of fused-ring (bicyclic) bond motifs is 2. The van der Waals surface area contributed by atoms with Gasteiger partial charge in [-0.15, -0.1) is 0 Å². The van der Waals surface area contributed by atoms with E-state index in [9.17, 15) is 9.59 Å². The van der Waals surface area contributed by atoms with Gasteiger partial charge < -0.3 is 15.0 Å². The average molecular weight is 432 g/mol. The number of urea groups is 1. The van der Waals surface area contributed by atoms with Crippen molar-refractivity contribution in [3.8, 4) is 0 Å². The monoisotopic (exact) mass is 431 g/mol. The molecule has 2 aliphatic rings. The number of anilines is 3. The van der Waals surface area contributed by atoms with Crippen LogP contribution in [0.25, 0.3) is 0 Å². The highest BCUT2D eigenvalue weighted by atomic mass is 32.2. The smallest absolute Gasteiger partial charge is 0.331 e. The van der Waals surface area contributed by atoms with Gasteiger partial charge in [-0.25, -0.2) is 4.79 Å². The number of nitrogens with one attached hydrogen (secondary N) is 1. The number of hydrogen-bond donors (Lipinski definition) is 1. The number of para-hydroxylation sites is 3. The molecule has 0 aliphatic carbocycles. The van der Waals surface area contributed by atoms with Crippen LogP contribution in [0.1, 0.15) is 10.4 Å². The number of carbonyl (C=O) groups is 2. The van der Waals surface area contributed by atoms with Gasteiger partial charge in [0.15, 0.2) is 0 Å². The molecule has 7 heteroatoms. The van der Waals surface area contributed by atoms with E-state index in [1.54, 1.807) is 33.7 Å². The van der Waals surface area contributed by atoms with E-state index in [0.29, 0.717) is 37.6 Å². The van der Waals surface area contributed by atoms with Crippen molar-refractivity contribution in [2.45, 2.75) is 9.79 Å². The van der Waals surface area contributed by atoms with E-state index < -0.39 is 0 Å². The fourth-order valence-corrected chi connectivity index (χ4v) is 4.87. The number of carbonyl (C=O) groups excluding carboxylic acids is 2. The molecule has 1 saturated heterocycles. The molecule has 0 aromatic heterocycles. The van der Waals surface area contributed by atoms with Gasteiger partial charge in [0.05, 0.1) is 35.8 Å². The maximum atomic E-state index is 13.5. The molecule has 2 aliphatic heterocycles. The lowest BCUT2D eigenvalue weighted by Gasteiger charge is -2.31. The first kappa shape index (κ1) is 19.7. The second-order valence-electron chi connectivity index (χ2n) is 7.25. The van der Waals surface area contributed by atoms with Crippen LogP contribution < -0.4 is 10.2 Å². The highest BCUT2D eigenvalue weighted by Crippen LogP contribution is 2.48. The largest absolute Gasteiger partial charge is 0.378 e. The molecule has 3 amide bonds. The third kappa shape index (κ3) is 3.78. The summed E-state index contributed by atoms with van der Waals surface area (Å²) < 4.78 is 5.35. The molecule has 156 valence electrons. The number of rotatable bonds is 2. The van der Waals surface area contributed by atoms with Crippen molar-refractivity contribution < 1.29 is 14.3 Å². The molecule has 0 atom stereocenters. The lowest BCUT2D eigenvalue weighted by Crippen LogP contribution is -2.41. The van der Waals surface area contributed by atoms with Crippen LogP contribution in [-0.2, 0) is 4.74 Å². The van der Waals surface area contributed by atoms with Crippen LogP contribution in [0.3, 0.4) is 0 Å². The summed E-state index contributed by atoms with van der Waals surface area (Å²) in [6.07, 6.45) is 0. The van der Waals surface area contributed by atoms with Gasteiger partial charge in [0.25, 0.3) is 5.91 Å². The number of ether oxygens (including phenoxy) is 1. The Bertz CT molecular complexity index is 1100. The SMILES string of the molecule is O=C(c1ccccc1NC(=O)N1c2ccccc2Sc2ccccc21)N1CCOCC1. The van der Waals surface area contributed by atoms with E-state index in [0.717, 1.165) is 21.2 Å².